The van der Waals surface area contributed by atoms with Crippen LogP contribution in [0.4, 0.5) is 0 Å². The lowest BCUT2D eigenvalue weighted by atomic mass is 9.89. The lowest BCUT2D eigenvalue weighted by Gasteiger charge is -2.26. The average molecular weight is 1590 g/mol. The highest BCUT2D eigenvalue weighted by Crippen LogP contribution is 2.48. The van der Waals surface area contributed by atoms with Gasteiger partial charge < -0.3 is 19.6 Å². The van der Waals surface area contributed by atoms with E-state index in [1.54, 1.807) is 18.5 Å². The Morgan fingerprint density at radius 1 is 0.395 bits per heavy atom. The summed E-state index contributed by atoms with van der Waals surface area (Å²) in [5, 5.41) is 60.0. The summed E-state index contributed by atoms with van der Waals surface area (Å²) < 4.78 is 8.46. The Bertz CT molecular complexity index is 5990. The van der Waals surface area contributed by atoms with Crippen LogP contribution < -0.4 is 0 Å². The predicted molar refractivity (Wildman–Crippen MR) is 453 cm³/mol. The van der Waals surface area contributed by atoms with Crippen molar-refractivity contribution in [1.29, 1.82) is 5.26 Å². The van der Waals surface area contributed by atoms with E-state index in [1.165, 1.54) is 6.42 Å². The van der Waals surface area contributed by atoms with Crippen LogP contribution in [0.25, 0.3) is 88.1 Å². The molecular formula is C93H100N22O4. The molecule has 12 unspecified atom stereocenters. The van der Waals surface area contributed by atoms with Crippen LogP contribution in [0, 0.1) is 46.8 Å². The van der Waals surface area contributed by atoms with E-state index >= 15 is 0 Å². The summed E-state index contributed by atoms with van der Waals surface area (Å²) in [7, 11) is 0. The highest BCUT2D eigenvalue weighted by molar-refractivity contribution is 5.88. The van der Waals surface area contributed by atoms with Gasteiger partial charge in [-0.05, 0) is 183 Å². The Morgan fingerprint density at radius 3 is 1.08 bits per heavy atom. The number of carbonyl (C=O) groups excluding carboxylic acids is 4. The minimum atomic E-state index is 0.0822. The van der Waals surface area contributed by atoms with Crippen molar-refractivity contribution in [3.63, 3.8) is 0 Å². The predicted octanol–water partition coefficient (Wildman–Crippen LogP) is 14.7. The van der Waals surface area contributed by atoms with E-state index in [2.05, 4.69) is 197 Å². The minimum absolute atomic E-state index is 0.0822. The fourth-order valence-electron chi connectivity index (χ4n) is 21.5. The highest BCUT2D eigenvalue weighted by Gasteiger charge is 2.52. The van der Waals surface area contributed by atoms with Gasteiger partial charge in [-0.25, -0.2) is 0 Å². The number of nitriles is 1. The van der Waals surface area contributed by atoms with E-state index in [-0.39, 0.29) is 23.8 Å². The Labute approximate surface area is 689 Å². The third-order valence-corrected chi connectivity index (χ3v) is 26.9. The Balaban J connectivity index is 0.000000105. The second-order valence-electron chi connectivity index (χ2n) is 35.0. The molecule has 606 valence electrons. The van der Waals surface area contributed by atoms with Crippen LogP contribution in [0.15, 0.2) is 196 Å². The molecule has 8 fully saturated rings. The van der Waals surface area contributed by atoms with E-state index in [0.717, 1.165) is 196 Å². The van der Waals surface area contributed by atoms with Crippen LogP contribution in [0.1, 0.15) is 128 Å². The zero-order valence-corrected chi connectivity index (χ0v) is 67.7. The van der Waals surface area contributed by atoms with Crippen molar-refractivity contribution in [1.82, 2.24) is 104 Å². The molecule has 8 aliphatic heterocycles. The lowest BCUT2D eigenvalue weighted by molar-refractivity contribution is -0.136. The second-order valence-corrected chi connectivity index (χ2v) is 35.0. The number of benzene rings is 5. The average Bonchev–Trinajstić information content (AvgIpc) is 1.62. The number of amides is 4. The van der Waals surface area contributed by atoms with Gasteiger partial charge in [0.2, 0.25) is 23.6 Å². The van der Waals surface area contributed by atoms with Crippen molar-refractivity contribution in [3.05, 3.63) is 213 Å². The largest absolute Gasteiger partial charge is 0.336 e. The van der Waals surface area contributed by atoms with Gasteiger partial charge in [0.25, 0.3) is 0 Å². The summed E-state index contributed by atoms with van der Waals surface area (Å²) in [5.74, 6) is 3.45. The molecule has 4 amide bonds. The van der Waals surface area contributed by atoms with Crippen molar-refractivity contribution in [2.75, 3.05) is 0 Å². The van der Waals surface area contributed by atoms with E-state index in [9.17, 15) is 19.2 Å². The highest BCUT2D eigenvalue weighted by atomic mass is 16.2. The van der Waals surface area contributed by atoms with Crippen LogP contribution in [0.2, 0.25) is 0 Å². The van der Waals surface area contributed by atoms with Gasteiger partial charge in [-0.2, -0.15) is 46.1 Å². The number of aromatic amines is 4. The third-order valence-electron chi connectivity index (χ3n) is 26.9. The molecule has 5 aromatic carbocycles. The lowest BCUT2D eigenvalue weighted by Crippen LogP contribution is -2.39. The van der Waals surface area contributed by atoms with Crippen LogP contribution in [-0.2, 0) is 58.2 Å². The van der Waals surface area contributed by atoms with Gasteiger partial charge in [0.05, 0.1) is 96.1 Å². The first-order valence-corrected chi connectivity index (χ1v) is 42.6. The molecule has 26 nitrogen and oxygen atoms in total. The molecule has 4 N–H and O–H groups in total. The van der Waals surface area contributed by atoms with Crippen LogP contribution >= 0.6 is 0 Å². The number of hydrogen-bond acceptors (Lipinski definition) is 14. The molecule has 8 bridgehead atoms. The number of fused-ring (bicyclic) bond motifs is 12. The van der Waals surface area contributed by atoms with Crippen molar-refractivity contribution in [2.24, 2.45) is 35.5 Å². The van der Waals surface area contributed by atoms with E-state index in [4.69, 9.17) is 5.26 Å². The number of carbonyl (C=O) groups is 4. The first-order chi connectivity index (χ1) is 58.2. The number of hydrogen-bond donors (Lipinski definition) is 4. The summed E-state index contributed by atoms with van der Waals surface area (Å²) in [6.45, 7) is 11.7. The fourth-order valence-corrected chi connectivity index (χ4v) is 21.5. The van der Waals surface area contributed by atoms with E-state index in [0.29, 0.717) is 109 Å². The van der Waals surface area contributed by atoms with Gasteiger partial charge >= 0.3 is 0 Å². The van der Waals surface area contributed by atoms with Crippen LogP contribution in [-0.4, -0.2) is 176 Å². The topological polar surface area (TPSA) is 304 Å². The third kappa shape index (κ3) is 15.3. The summed E-state index contributed by atoms with van der Waals surface area (Å²) in [6, 6.07) is 42.0. The van der Waals surface area contributed by atoms with Gasteiger partial charge in [-0.1, -0.05) is 70.2 Å². The molecule has 9 aromatic heterocycles. The number of pyridine rings is 1. The van der Waals surface area contributed by atoms with E-state index in [1.807, 2.05) is 119 Å². The molecule has 17 heterocycles. The molecule has 0 saturated carbocycles. The maximum Gasteiger partial charge on any atom is 0.227 e. The molecule has 8 saturated heterocycles. The molecule has 22 rings (SSSR count). The molecule has 0 radical (unpaired) electrons. The first-order valence-electron chi connectivity index (χ1n) is 42.6. The molecule has 119 heavy (non-hydrogen) atoms. The van der Waals surface area contributed by atoms with Crippen LogP contribution in [0.3, 0.4) is 0 Å². The normalized spacial score (nSPS) is 23.0. The number of rotatable bonds is 19. The molecule has 14 aromatic rings. The summed E-state index contributed by atoms with van der Waals surface area (Å²) in [4.78, 5) is 64.4. The standard InChI is InChI=1S/C26H24N6O.C24H24N6O.C22H27N5O.C21H25N5O/c27-12-18-3-1-2-17(8-18)9-26(33)32-23-5-7-25(32)21(11-23)16-31-24-6-4-19(10-20(24)15-30-31)22-13-28-29-14-22;31-24(8-16-2-1-7-25-11-16)30-21-4-6-23(30)19(10-21)15-29-22-5-3-17(9-18(22)14-28-29)20-12-26-27-13-20;1-14(2)7-22(28)27-19-4-6-21(27)17(9-19)13-26-20-5-3-15(8-16(20)12-25-26)18-10-23-24-11-18;1-13(2)21(27)26-18-4-6-20(26)16(8-18)12-25-19-5-3-14(7-15(19)11-24-25)17-9-22-23-10-17/h1-4,6,8,10,13-15,21,23,25H,5,7,9,11,16H2,(H,28,29);1-3,5,7,9,11-14,19,21,23H,4,6,8,10,15H2,(H,26,27);3,5,8,10-12,14,17,19,21H,4,6-7,9,13H2,1-2H3,(H,23,24);3,5,7,9-11,13,16,18,20H,4,6,8,12H2,1-2H3,(H,22,23). The maximum absolute atomic E-state index is 13.2. The fraction of sp³-hybridized carbons (Fsp3) is 0.398. The minimum Gasteiger partial charge on any atom is -0.336 e. The van der Waals surface area contributed by atoms with Gasteiger partial charge in [-0.15, -0.1) is 0 Å². The smallest absolute Gasteiger partial charge is 0.227 e. The van der Waals surface area contributed by atoms with Crippen LogP contribution in [0.5, 0.6) is 0 Å². The number of nitrogens with zero attached hydrogens (tertiary/aromatic N) is 18. The zero-order chi connectivity index (χ0) is 80.9. The summed E-state index contributed by atoms with van der Waals surface area (Å²) >= 11 is 0. The van der Waals surface area contributed by atoms with Gasteiger partial charge in [0.1, 0.15) is 0 Å². The quantitative estimate of drug-likeness (QED) is 0.0585. The van der Waals surface area contributed by atoms with Crippen molar-refractivity contribution < 1.29 is 19.2 Å². The Morgan fingerprint density at radius 2 is 0.748 bits per heavy atom. The molecular weight excluding hydrogens is 1490 g/mol. The monoisotopic (exact) mass is 1590 g/mol. The van der Waals surface area contributed by atoms with E-state index < -0.39 is 0 Å². The molecule has 8 aliphatic rings. The van der Waals surface area contributed by atoms with Crippen molar-refractivity contribution >= 4 is 67.2 Å². The Kier molecular flexibility index (Phi) is 21.0. The van der Waals surface area contributed by atoms with Gasteiger partial charge in [0.15, 0.2) is 0 Å². The second kappa shape index (κ2) is 32.7. The SMILES string of the molecule is CC(C)C(=O)N1C2CCC1C(Cn1ncc3cc(-c4cn[nH]c4)ccc31)C2.CC(C)CC(=O)N1C2CCC1C(Cn1ncc3cc(-c4cn[nH]c4)ccc31)C2.N#Cc1cccc(CC(=O)N2C3CCC2C(Cn2ncc4cc(-c5cn[nH]c5)ccc42)C3)c1.O=C(Cc1cccnc1)N1C2CCC1C(Cn1ncc3cc(-c4cn[nH]c4)ccc31)C2. The number of aromatic nitrogens is 17. The van der Waals surface area contributed by atoms with Crippen molar-refractivity contribution in [2.45, 2.75) is 199 Å². The molecule has 0 aliphatic carbocycles. The molecule has 26 heteroatoms. The number of nitrogens with one attached hydrogen (secondary N) is 4. The first kappa shape index (κ1) is 76.3. The number of H-pyrrole nitrogens is 4. The van der Waals surface area contributed by atoms with Crippen molar-refractivity contribution in [3.8, 4) is 50.6 Å². The Hall–Kier alpha value is -12.7. The molecule has 12 atom stereocenters. The summed E-state index contributed by atoms with van der Waals surface area (Å²) in [5.41, 5.74) is 15.9. The molecule has 0 spiro atoms. The van der Waals surface area contributed by atoms with Gasteiger partial charge in [0, 0.05) is 192 Å². The van der Waals surface area contributed by atoms with Gasteiger partial charge in [-0.3, -0.25) is 63.3 Å². The maximum atomic E-state index is 13.2. The summed E-state index contributed by atoms with van der Waals surface area (Å²) in [6.07, 6.45) is 41.0. The zero-order valence-electron chi connectivity index (χ0n) is 67.7.